The Morgan fingerprint density at radius 3 is 2.35 bits per heavy atom. The van der Waals surface area contributed by atoms with Crippen LogP contribution in [0.3, 0.4) is 0 Å². The molecule has 1 fully saturated rings. The van der Waals surface area contributed by atoms with Gasteiger partial charge in [-0.1, -0.05) is 0 Å². The summed E-state index contributed by atoms with van der Waals surface area (Å²) >= 11 is 0. The summed E-state index contributed by atoms with van der Waals surface area (Å²) in [6, 6.07) is 5.95. The third-order valence-electron chi connectivity index (χ3n) is 3.40. The lowest BCUT2D eigenvalue weighted by molar-refractivity contribution is -0.130. The number of rotatable bonds is 4. The van der Waals surface area contributed by atoms with Gasteiger partial charge in [-0.2, -0.15) is 4.31 Å². The van der Waals surface area contributed by atoms with Gasteiger partial charge in [0, 0.05) is 25.8 Å². The maximum Gasteiger partial charge on any atom is 0.243 e. The molecule has 1 aliphatic heterocycles. The number of nitrogens with two attached hydrogens (primary N) is 1. The molecule has 0 bridgehead atoms. The molecule has 1 aromatic rings. The van der Waals surface area contributed by atoms with Crippen LogP contribution in [0.4, 0.5) is 5.69 Å². The Balaban J connectivity index is 2.08. The van der Waals surface area contributed by atoms with Crippen LogP contribution >= 0.6 is 0 Å². The van der Waals surface area contributed by atoms with Gasteiger partial charge in [0.2, 0.25) is 15.9 Å². The molecule has 0 atom stereocenters. The van der Waals surface area contributed by atoms with E-state index in [0.29, 0.717) is 18.8 Å². The number of hydrogen-bond donors (Lipinski definition) is 1. The normalized spacial score (nSPS) is 15.8. The summed E-state index contributed by atoms with van der Waals surface area (Å²) < 4.78 is 25.7. The monoisotopic (exact) mass is 297 g/mol. The summed E-state index contributed by atoms with van der Waals surface area (Å²) in [7, 11) is -2.23. The molecule has 0 aromatic heterocycles. The second kappa shape index (κ2) is 5.80. The van der Waals surface area contributed by atoms with E-state index in [-0.39, 0.29) is 17.3 Å². The molecule has 1 saturated heterocycles. The highest BCUT2D eigenvalue weighted by Crippen LogP contribution is 2.16. The molecule has 20 heavy (non-hydrogen) atoms. The summed E-state index contributed by atoms with van der Waals surface area (Å²) in [4.78, 5) is 13.8. The molecular weight excluding hydrogens is 278 g/mol. The molecule has 2 N–H and O–H groups in total. The third-order valence-corrected chi connectivity index (χ3v) is 5.22. The first-order chi connectivity index (χ1) is 9.41. The molecule has 1 aromatic carbocycles. The number of benzene rings is 1. The second-order valence-corrected chi connectivity index (χ2v) is 6.96. The fourth-order valence-electron chi connectivity index (χ4n) is 2.16. The molecule has 0 saturated carbocycles. The van der Waals surface area contributed by atoms with Gasteiger partial charge < -0.3 is 10.6 Å². The Bertz CT molecular complexity index is 577. The first-order valence-electron chi connectivity index (χ1n) is 6.51. The third kappa shape index (κ3) is 3.10. The molecular formula is C13H19N3O3S. The van der Waals surface area contributed by atoms with Crippen molar-refractivity contribution in [3.63, 3.8) is 0 Å². The lowest BCUT2D eigenvalue weighted by Gasteiger charge is -2.21. The molecule has 1 amide bonds. The quantitative estimate of drug-likeness (QED) is 0.821. The van der Waals surface area contributed by atoms with Crippen molar-refractivity contribution < 1.29 is 13.2 Å². The number of nitrogen functional groups attached to an aromatic ring is 1. The Kier molecular flexibility index (Phi) is 4.29. The Hall–Kier alpha value is -1.60. The van der Waals surface area contributed by atoms with Gasteiger partial charge in [-0.25, -0.2) is 8.42 Å². The molecule has 0 aliphatic carbocycles. The van der Waals surface area contributed by atoms with Crippen molar-refractivity contribution in [3.8, 4) is 0 Å². The minimum absolute atomic E-state index is 0.132. The smallest absolute Gasteiger partial charge is 0.243 e. The van der Waals surface area contributed by atoms with Gasteiger partial charge in [0.25, 0.3) is 0 Å². The number of likely N-dealkylation sites (tertiary alicyclic amines) is 1. The zero-order valence-electron chi connectivity index (χ0n) is 11.4. The first kappa shape index (κ1) is 14.8. The molecule has 6 nitrogen and oxygen atoms in total. The van der Waals surface area contributed by atoms with Crippen molar-refractivity contribution in [2.75, 3.05) is 32.4 Å². The van der Waals surface area contributed by atoms with Gasteiger partial charge in [0.15, 0.2) is 0 Å². The van der Waals surface area contributed by atoms with E-state index in [1.807, 2.05) is 0 Å². The number of hydrogen-bond acceptors (Lipinski definition) is 4. The zero-order valence-corrected chi connectivity index (χ0v) is 12.3. The summed E-state index contributed by atoms with van der Waals surface area (Å²) in [5.74, 6) is -0.149. The van der Waals surface area contributed by atoms with Crippen LogP contribution in [-0.2, 0) is 14.8 Å². The predicted molar refractivity (Wildman–Crippen MR) is 76.5 cm³/mol. The van der Waals surface area contributed by atoms with Crippen molar-refractivity contribution in [1.29, 1.82) is 0 Å². The number of anilines is 1. The first-order valence-corrected chi connectivity index (χ1v) is 7.95. The minimum atomic E-state index is -3.65. The molecule has 1 aliphatic rings. The molecule has 7 heteroatoms. The van der Waals surface area contributed by atoms with Gasteiger partial charge in [0.1, 0.15) is 0 Å². The maximum atomic E-state index is 12.3. The molecule has 1 heterocycles. The Morgan fingerprint density at radius 1 is 1.25 bits per heavy atom. The lowest BCUT2D eigenvalue weighted by Crippen LogP contribution is -2.39. The SMILES string of the molecule is CN(CC(=O)N1CCCC1)S(=O)(=O)c1ccc(N)cc1. The van der Waals surface area contributed by atoms with Crippen LogP contribution < -0.4 is 5.73 Å². The average molecular weight is 297 g/mol. The standard InChI is InChI=1S/C13H19N3O3S/c1-15(10-13(17)16-8-2-3-9-16)20(18,19)12-6-4-11(14)5-7-12/h4-7H,2-3,8-10,14H2,1H3. The highest BCUT2D eigenvalue weighted by atomic mass is 32.2. The number of likely N-dealkylation sites (N-methyl/N-ethyl adjacent to an activating group) is 1. The van der Waals surface area contributed by atoms with Crippen molar-refractivity contribution in [2.45, 2.75) is 17.7 Å². The average Bonchev–Trinajstić information content (AvgIpc) is 2.93. The van der Waals surface area contributed by atoms with Crippen LogP contribution in [0, 0.1) is 0 Å². The van der Waals surface area contributed by atoms with E-state index in [1.54, 1.807) is 4.90 Å². The molecule has 2 rings (SSSR count). The fourth-order valence-corrected chi connectivity index (χ4v) is 3.28. The second-order valence-electron chi connectivity index (χ2n) is 4.92. The summed E-state index contributed by atoms with van der Waals surface area (Å²) in [5, 5.41) is 0. The van der Waals surface area contributed by atoms with E-state index < -0.39 is 10.0 Å². The van der Waals surface area contributed by atoms with E-state index in [1.165, 1.54) is 31.3 Å². The van der Waals surface area contributed by atoms with Crippen LogP contribution in [0.2, 0.25) is 0 Å². The van der Waals surface area contributed by atoms with Crippen molar-refractivity contribution >= 4 is 21.6 Å². The van der Waals surface area contributed by atoms with Crippen LogP contribution in [0.1, 0.15) is 12.8 Å². The van der Waals surface area contributed by atoms with Crippen LogP contribution in [0.5, 0.6) is 0 Å². The Morgan fingerprint density at radius 2 is 1.80 bits per heavy atom. The van der Waals surface area contributed by atoms with E-state index in [9.17, 15) is 13.2 Å². The molecule has 110 valence electrons. The summed E-state index contributed by atoms with van der Waals surface area (Å²) in [5.41, 5.74) is 6.04. The van der Waals surface area contributed by atoms with Gasteiger partial charge >= 0.3 is 0 Å². The van der Waals surface area contributed by atoms with Gasteiger partial charge in [-0.3, -0.25) is 4.79 Å². The van der Waals surface area contributed by atoms with E-state index in [2.05, 4.69) is 0 Å². The summed E-state index contributed by atoms with van der Waals surface area (Å²) in [6.45, 7) is 1.30. The van der Waals surface area contributed by atoms with Crippen molar-refractivity contribution in [1.82, 2.24) is 9.21 Å². The minimum Gasteiger partial charge on any atom is -0.399 e. The lowest BCUT2D eigenvalue weighted by atomic mass is 10.3. The molecule has 0 unspecified atom stereocenters. The highest BCUT2D eigenvalue weighted by Gasteiger charge is 2.26. The number of sulfonamides is 1. The Labute approximate surface area is 119 Å². The number of carbonyl (C=O) groups excluding carboxylic acids is 1. The van der Waals surface area contributed by atoms with Gasteiger partial charge in [-0.15, -0.1) is 0 Å². The van der Waals surface area contributed by atoms with Crippen molar-refractivity contribution in [3.05, 3.63) is 24.3 Å². The van der Waals surface area contributed by atoms with Gasteiger partial charge in [-0.05, 0) is 37.1 Å². The number of carbonyl (C=O) groups is 1. The number of nitrogens with zero attached hydrogens (tertiary/aromatic N) is 2. The maximum absolute atomic E-state index is 12.3. The van der Waals surface area contributed by atoms with E-state index >= 15 is 0 Å². The topological polar surface area (TPSA) is 83.7 Å². The van der Waals surface area contributed by atoms with E-state index in [0.717, 1.165) is 17.1 Å². The largest absolute Gasteiger partial charge is 0.399 e. The van der Waals surface area contributed by atoms with Crippen molar-refractivity contribution in [2.24, 2.45) is 0 Å². The van der Waals surface area contributed by atoms with Gasteiger partial charge in [0.05, 0.1) is 11.4 Å². The summed E-state index contributed by atoms with van der Waals surface area (Å²) in [6.07, 6.45) is 1.97. The fraction of sp³-hybridized carbons (Fsp3) is 0.462. The predicted octanol–water partition coefficient (Wildman–Crippen LogP) is 0.512. The van der Waals surface area contributed by atoms with Crippen LogP contribution in [0.15, 0.2) is 29.2 Å². The zero-order chi connectivity index (χ0) is 14.8. The van der Waals surface area contributed by atoms with Crippen LogP contribution in [0.25, 0.3) is 0 Å². The molecule has 0 spiro atoms. The van der Waals surface area contributed by atoms with Crippen LogP contribution in [-0.4, -0.2) is 50.2 Å². The number of amides is 1. The highest BCUT2D eigenvalue weighted by molar-refractivity contribution is 7.89. The van der Waals surface area contributed by atoms with E-state index in [4.69, 9.17) is 5.73 Å². The molecule has 0 radical (unpaired) electrons.